The van der Waals surface area contributed by atoms with Crippen LogP contribution in [0.2, 0.25) is 0 Å². The van der Waals surface area contributed by atoms with Gasteiger partial charge in [0.05, 0.1) is 9.85 Å². The number of nitro benzene ring substituents is 1. The highest BCUT2D eigenvalue weighted by atomic mass is 16.6. The molecule has 0 aliphatic carbocycles. The Balaban J connectivity index is 1.79. The Morgan fingerprint density at radius 1 is 1.10 bits per heavy atom. The molecule has 1 fully saturated rings. The summed E-state index contributed by atoms with van der Waals surface area (Å²) in [4.78, 5) is 45.3. The minimum atomic E-state index is -0.706. The van der Waals surface area contributed by atoms with E-state index >= 15 is 0 Å². The second-order valence-electron chi connectivity index (χ2n) is 6.33. The summed E-state index contributed by atoms with van der Waals surface area (Å²) in [6.45, 7) is 2.59. The summed E-state index contributed by atoms with van der Waals surface area (Å²) in [6.07, 6.45) is 1.17. The minimum Gasteiger partial charge on any atom is -0.348 e. The molecule has 152 valence electrons. The lowest BCUT2D eigenvalue weighted by atomic mass is 10.2. The van der Waals surface area contributed by atoms with Crippen molar-refractivity contribution in [2.75, 3.05) is 43.6 Å². The van der Waals surface area contributed by atoms with Crippen molar-refractivity contribution >= 4 is 28.9 Å². The van der Waals surface area contributed by atoms with E-state index < -0.39 is 15.8 Å². The van der Waals surface area contributed by atoms with Gasteiger partial charge in [0, 0.05) is 43.9 Å². The van der Waals surface area contributed by atoms with Gasteiger partial charge >= 0.3 is 5.69 Å². The van der Waals surface area contributed by atoms with Crippen molar-refractivity contribution in [1.29, 1.82) is 0 Å². The molecule has 0 bridgehead atoms. The van der Waals surface area contributed by atoms with Crippen LogP contribution in [0.5, 0.6) is 0 Å². The third kappa shape index (κ3) is 4.52. The number of likely N-dealkylation sites (N-methyl/N-ethyl adjacent to an activating group) is 1. The first-order chi connectivity index (χ1) is 13.9. The van der Waals surface area contributed by atoms with E-state index in [1.54, 1.807) is 4.90 Å². The summed E-state index contributed by atoms with van der Waals surface area (Å²) >= 11 is 0. The van der Waals surface area contributed by atoms with Crippen molar-refractivity contribution in [3.05, 3.63) is 56.4 Å². The van der Waals surface area contributed by atoms with E-state index in [1.165, 1.54) is 24.5 Å². The molecule has 1 aliphatic heterocycles. The molecule has 1 saturated heterocycles. The van der Waals surface area contributed by atoms with Crippen molar-refractivity contribution in [2.45, 2.75) is 0 Å². The number of nitrogens with zero attached hydrogens (tertiary/aromatic N) is 6. The molecule has 1 aromatic heterocycles. The Morgan fingerprint density at radius 3 is 2.48 bits per heavy atom. The highest BCUT2D eigenvalue weighted by Crippen LogP contribution is 2.31. The number of hydrogen-bond donors (Lipinski definition) is 2. The Morgan fingerprint density at radius 2 is 1.83 bits per heavy atom. The van der Waals surface area contributed by atoms with Gasteiger partial charge in [-0.05, 0) is 13.1 Å². The van der Waals surface area contributed by atoms with Crippen LogP contribution in [-0.4, -0.2) is 63.8 Å². The molecule has 13 nitrogen and oxygen atoms in total. The number of aromatic nitrogens is 2. The van der Waals surface area contributed by atoms with Gasteiger partial charge in [0.25, 0.3) is 11.6 Å². The van der Waals surface area contributed by atoms with Crippen LogP contribution in [0, 0.1) is 20.2 Å². The summed E-state index contributed by atoms with van der Waals surface area (Å²) in [7, 11) is 1.96. The lowest BCUT2D eigenvalue weighted by Gasteiger charge is -2.32. The van der Waals surface area contributed by atoms with Crippen molar-refractivity contribution in [3.63, 3.8) is 0 Å². The van der Waals surface area contributed by atoms with E-state index in [4.69, 9.17) is 0 Å². The van der Waals surface area contributed by atoms with E-state index in [2.05, 4.69) is 25.7 Å². The first-order valence-electron chi connectivity index (χ1n) is 8.60. The number of carbonyl (C=O) groups excluding carboxylic acids is 1. The average molecular weight is 402 g/mol. The molecule has 0 saturated carbocycles. The molecular formula is C16H18N8O5. The van der Waals surface area contributed by atoms with Crippen molar-refractivity contribution in [1.82, 2.24) is 20.3 Å². The summed E-state index contributed by atoms with van der Waals surface area (Å²) in [6, 6.07) is 5.10. The summed E-state index contributed by atoms with van der Waals surface area (Å²) in [5.74, 6) is -0.731. The highest BCUT2D eigenvalue weighted by molar-refractivity contribution is 5.95. The van der Waals surface area contributed by atoms with E-state index in [9.17, 15) is 25.0 Å². The maximum Gasteiger partial charge on any atom is 0.355 e. The molecular weight excluding hydrogens is 384 g/mol. The molecule has 2 heterocycles. The maximum absolute atomic E-state index is 12.3. The fourth-order valence-electron chi connectivity index (χ4n) is 2.83. The molecule has 0 radical (unpaired) electrons. The normalized spacial score (nSPS) is 14.3. The summed E-state index contributed by atoms with van der Waals surface area (Å²) < 4.78 is 0. The number of rotatable bonds is 6. The number of hydrazine groups is 1. The molecule has 1 aliphatic rings. The second kappa shape index (κ2) is 8.43. The summed E-state index contributed by atoms with van der Waals surface area (Å²) in [5.41, 5.74) is 4.12. The van der Waals surface area contributed by atoms with Crippen LogP contribution in [-0.2, 0) is 0 Å². The molecule has 1 aromatic carbocycles. The van der Waals surface area contributed by atoms with Gasteiger partial charge < -0.3 is 9.80 Å². The molecule has 2 N–H and O–H groups in total. The zero-order valence-electron chi connectivity index (χ0n) is 15.4. The van der Waals surface area contributed by atoms with Crippen molar-refractivity contribution in [3.8, 4) is 0 Å². The van der Waals surface area contributed by atoms with Crippen LogP contribution >= 0.6 is 0 Å². The maximum atomic E-state index is 12.3. The number of hydrogen-bond acceptors (Lipinski definition) is 10. The van der Waals surface area contributed by atoms with Gasteiger partial charge in [0.2, 0.25) is 11.6 Å². The van der Waals surface area contributed by atoms with Crippen LogP contribution in [0.25, 0.3) is 0 Å². The Labute approximate surface area is 164 Å². The number of non-ortho nitro benzene ring substituents is 1. The Kier molecular flexibility index (Phi) is 5.78. The van der Waals surface area contributed by atoms with Gasteiger partial charge in [-0.2, -0.15) is 0 Å². The highest BCUT2D eigenvalue weighted by Gasteiger charge is 2.29. The van der Waals surface area contributed by atoms with Crippen LogP contribution in [0.1, 0.15) is 10.4 Å². The smallest absolute Gasteiger partial charge is 0.348 e. The molecule has 0 atom stereocenters. The van der Waals surface area contributed by atoms with Crippen LogP contribution < -0.4 is 15.8 Å². The average Bonchev–Trinajstić information content (AvgIpc) is 2.72. The topological polar surface area (TPSA) is 160 Å². The van der Waals surface area contributed by atoms with Gasteiger partial charge in [-0.15, -0.1) is 0 Å². The molecule has 29 heavy (non-hydrogen) atoms. The van der Waals surface area contributed by atoms with Gasteiger partial charge in [-0.1, -0.05) is 6.07 Å². The van der Waals surface area contributed by atoms with E-state index in [-0.39, 0.29) is 28.6 Å². The Bertz CT molecular complexity index is 945. The first-order valence-corrected chi connectivity index (χ1v) is 8.60. The first kappa shape index (κ1) is 19.9. The zero-order valence-corrected chi connectivity index (χ0v) is 15.4. The van der Waals surface area contributed by atoms with Crippen molar-refractivity contribution < 1.29 is 14.6 Å². The zero-order chi connectivity index (χ0) is 21.0. The van der Waals surface area contributed by atoms with Gasteiger partial charge in [-0.25, -0.2) is 9.97 Å². The summed E-state index contributed by atoms with van der Waals surface area (Å²) in [5, 5.41) is 22.5. The molecule has 0 spiro atoms. The third-order valence-electron chi connectivity index (χ3n) is 4.40. The predicted molar refractivity (Wildman–Crippen MR) is 103 cm³/mol. The van der Waals surface area contributed by atoms with Gasteiger partial charge in [0.1, 0.15) is 6.33 Å². The number of benzene rings is 1. The third-order valence-corrected chi connectivity index (χ3v) is 4.40. The minimum absolute atomic E-state index is 0.0164. The quantitative estimate of drug-likeness (QED) is 0.522. The standard InChI is InChI=1S/C16H18N8O5/c1-21-5-7-22(8-6-21)15-13(24(28)29)14(17-10-18-15)19-20-16(25)11-3-2-4-12(9-11)23(26)27/h2-4,9-10H,5-8H2,1H3,(H,20,25)(H,17,18,19). The molecule has 2 aromatic rings. The molecule has 3 rings (SSSR count). The number of anilines is 2. The number of carbonyl (C=O) groups is 1. The fraction of sp³-hybridized carbons (Fsp3) is 0.312. The number of nitro groups is 2. The van der Waals surface area contributed by atoms with E-state index in [1.807, 2.05) is 7.05 Å². The number of nitrogens with one attached hydrogen (secondary N) is 2. The van der Waals surface area contributed by atoms with E-state index in [0.717, 1.165) is 19.2 Å². The van der Waals surface area contributed by atoms with Crippen molar-refractivity contribution in [2.24, 2.45) is 0 Å². The van der Waals surface area contributed by atoms with Crippen LogP contribution in [0.15, 0.2) is 30.6 Å². The largest absolute Gasteiger partial charge is 0.355 e. The molecule has 0 unspecified atom stereocenters. The fourth-order valence-corrected chi connectivity index (χ4v) is 2.83. The van der Waals surface area contributed by atoms with Crippen LogP contribution in [0.4, 0.5) is 23.0 Å². The SMILES string of the molecule is CN1CCN(c2ncnc(NNC(=O)c3cccc([N+](=O)[O-])c3)c2[N+](=O)[O-])CC1. The van der Waals surface area contributed by atoms with E-state index in [0.29, 0.717) is 13.1 Å². The van der Waals surface area contributed by atoms with Gasteiger partial charge in [0.15, 0.2) is 0 Å². The Hall–Kier alpha value is -3.87. The lowest BCUT2D eigenvalue weighted by molar-refractivity contribution is -0.384. The monoisotopic (exact) mass is 402 g/mol. The number of piperazine rings is 1. The lowest BCUT2D eigenvalue weighted by Crippen LogP contribution is -2.45. The number of amides is 1. The van der Waals surface area contributed by atoms with Crippen LogP contribution in [0.3, 0.4) is 0 Å². The second-order valence-corrected chi connectivity index (χ2v) is 6.33. The molecule has 13 heteroatoms. The molecule has 1 amide bonds. The predicted octanol–water partition coefficient (Wildman–Crippen LogP) is 0.802. The van der Waals surface area contributed by atoms with Gasteiger partial charge in [-0.3, -0.25) is 35.9 Å².